The van der Waals surface area contributed by atoms with Gasteiger partial charge in [0.2, 0.25) is 11.9 Å². The Balaban J connectivity index is 2.59. The minimum Gasteiger partial charge on any atom is -0.463 e. The summed E-state index contributed by atoms with van der Waals surface area (Å²) in [6, 6.07) is 6.63. The van der Waals surface area contributed by atoms with Gasteiger partial charge in [0, 0.05) is 0 Å². The maximum atomic E-state index is 5.30. The van der Waals surface area contributed by atoms with E-state index in [0.29, 0.717) is 11.5 Å². The van der Waals surface area contributed by atoms with Gasteiger partial charge < -0.3 is 31.8 Å². The first kappa shape index (κ1) is 14.8. The highest BCUT2D eigenvalue weighted by atomic mass is 16.3. The third-order valence-corrected chi connectivity index (χ3v) is 2.26. The van der Waals surface area contributed by atoms with E-state index in [0.717, 1.165) is 0 Å². The molecular weight excluding hydrogens is 288 g/mol. The molecule has 0 bridgehead atoms. The van der Waals surface area contributed by atoms with Gasteiger partial charge in [-0.1, -0.05) is 0 Å². The van der Waals surface area contributed by atoms with Crippen molar-refractivity contribution in [2.75, 3.05) is 0 Å². The Kier molecular flexibility index (Phi) is 4.55. The number of hydrogen-bond acceptors (Lipinski definition) is 6. The molecule has 0 amide bonds. The van der Waals surface area contributed by atoms with Crippen LogP contribution in [0.5, 0.6) is 0 Å². The number of nitrogens with zero attached hydrogens (tertiary/aromatic N) is 4. The third-order valence-electron chi connectivity index (χ3n) is 2.26. The summed E-state index contributed by atoms with van der Waals surface area (Å²) in [5, 5.41) is 15.0. The predicted octanol–water partition coefficient (Wildman–Crippen LogP) is -0.472. The first-order chi connectivity index (χ1) is 10.6. The maximum absolute atomic E-state index is 5.30. The van der Waals surface area contributed by atoms with Gasteiger partial charge in [-0.2, -0.15) is 0 Å². The number of furan rings is 2. The molecule has 2 rings (SSSR count). The van der Waals surface area contributed by atoms with Gasteiger partial charge in [0.15, 0.2) is 22.9 Å². The summed E-state index contributed by atoms with van der Waals surface area (Å²) >= 11 is 0. The molecule has 2 aromatic heterocycles. The van der Waals surface area contributed by atoms with Crippen molar-refractivity contribution in [3.8, 4) is 0 Å². The molecule has 0 unspecified atom stereocenters. The fraction of sp³-hybridized carbons (Fsp3) is 0. The maximum Gasteiger partial charge on any atom is 0.211 e. The molecule has 0 saturated heterocycles. The Morgan fingerprint density at radius 1 is 0.682 bits per heavy atom. The summed E-state index contributed by atoms with van der Waals surface area (Å²) in [5.41, 5.74) is 21.6. The lowest BCUT2D eigenvalue weighted by Gasteiger charge is -2.03. The van der Waals surface area contributed by atoms with Crippen LogP contribution >= 0.6 is 0 Å². The first-order valence-corrected chi connectivity index (χ1v) is 5.99. The van der Waals surface area contributed by atoms with Crippen LogP contribution in [-0.2, 0) is 0 Å². The first-order valence-electron chi connectivity index (χ1n) is 5.99. The average molecular weight is 302 g/mol. The van der Waals surface area contributed by atoms with Crippen LogP contribution in [0.15, 0.2) is 66.0 Å². The van der Waals surface area contributed by atoms with Gasteiger partial charge in [-0.05, 0) is 24.3 Å². The number of guanidine groups is 2. The van der Waals surface area contributed by atoms with E-state index in [1.54, 1.807) is 24.3 Å². The minimum atomic E-state index is -0.232. The summed E-state index contributed by atoms with van der Waals surface area (Å²) in [7, 11) is 0. The lowest BCUT2D eigenvalue weighted by Crippen LogP contribution is -2.24. The fourth-order valence-corrected chi connectivity index (χ4v) is 1.47. The fourth-order valence-electron chi connectivity index (χ4n) is 1.47. The van der Waals surface area contributed by atoms with Gasteiger partial charge in [0.25, 0.3) is 0 Å². The van der Waals surface area contributed by atoms with E-state index in [2.05, 4.69) is 20.4 Å². The summed E-state index contributed by atoms with van der Waals surface area (Å²) in [6.45, 7) is 0. The largest absolute Gasteiger partial charge is 0.463 e. The molecule has 10 nitrogen and oxygen atoms in total. The Labute approximate surface area is 124 Å². The second kappa shape index (κ2) is 6.74. The van der Waals surface area contributed by atoms with Crippen LogP contribution in [0.25, 0.3) is 0 Å². The van der Waals surface area contributed by atoms with Crippen molar-refractivity contribution >= 4 is 23.3 Å². The monoisotopic (exact) mass is 302 g/mol. The normalized spacial score (nSPS) is 12.0. The summed E-state index contributed by atoms with van der Waals surface area (Å²) < 4.78 is 10.6. The average Bonchev–Trinajstić information content (AvgIpc) is 3.14. The van der Waals surface area contributed by atoms with Crippen LogP contribution in [0.3, 0.4) is 0 Å². The molecule has 0 aliphatic carbocycles. The number of rotatable bonds is 5. The predicted molar refractivity (Wildman–Crippen MR) is 82.1 cm³/mol. The zero-order valence-corrected chi connectivity index (χ0v) is 11.4. The minimum absolute atomic E-state index is 0.193. The molecule has 0 atom stereocenters. The second-order valence-electron chi connectivity index (χ2n) is 3.90. The van der Waals surface area contributed by atoms with Crippen molar-refractivity contribution in [2.45, 2.75) is 0 Å². The molecule has 0 aromatic carbocycles. The van der Waals surface area contributed by atoms with E-state index in [4.69, 9.17) is 31.8 Å². The van der Waals surface area contributed by atoms with Crippen LogP contribution in [0.1, 0.15) is 11.5 Å². The van der Waals surface area contributed by atoms with Crippen molar-refractivity contribution in [2.24, 2.45) is 43.3 Å². The second-order valence-corrected chi connectivity index (χ2v) is 3.90. The van der Waals surface area contributed by atoms with Crippen molar-refractivity contribution in [3.63, 3.8) is 0 Å². The van der Waals surface area contributed by atoms with Crippen LogP contribution in [-0.4, -0.2) is 23.3 Å². The number of nitrogens with two attached hydrogens (primary N) is 4. The SMILES string of the molecule is NC(N)=NN=C(C(=NN=C(N)N)c1ccco1)c1ccco1. The van der Waals surface area contributed by atoms with Crippen LogP contribution in [0, 0.1) is 0 Å². The van der Waals surface area contributed by atoms with Crippen LogP contribution in [0.4, 0.5) is 0 Å². The highest BCUT2D eigenvalue weighted by Crippen LogP contribution is 2.12. The van der Waals surface area contributed by atoms with Gasteiger partial charge >= 0.3 is 0 Å². The van der Waals surface area contributed by atoms with Crippen molar-refractivity contribution in [3.05, 3.63) is 48.3 Å². The highest BCUT2D eigenvalue weighted by molar-refractivity contribution is 6.52. The highest BCUT2D eigenvalue weighted by Gasteiger charge is 2.20. The molecule has 114 valence electrons. The third kappa shape index (κ3) is 3.72. The quantitative estimate of drug-likeness (QED) is 0.329. The van der Waals surface area contributed by atoms with E-state index in [1.807, 2.05) is 0 Å². The van der Waals surface area contributed by atoms with Crippen LogP contribution in [0.2, 0.25) is 0 Å². The molecule has 0 aliphatic heterocycles. The van der Waals surface area contributed by atoms with Gasteiger partial charge in [-0.15, -0.1) is 20.4 Å². The molecule has 2 heterocycles. The summed E-state index contributed by atoms with van der Waals surface area (Å²) in [4.78, 5) is 0. The Hall–Kier alpha value is -3.56. The lowest BCUT2D eigenvalue weighted by atomic mass is 10.1. The number of hydrogen-bond donors (Lipinski definition) is 4. The molecular formula is C12H14N8O2. The van der Waals surface area contributed by atoms with E-state index in [9.17, 15) is 0 Å². The molecule has 22 heavy (non-hydrogen) atoms. The topological polar surface area (TPSA) is 180 Å². The molecule has 0 spiro atoms. The summed E-state index contributed by atoms with van der Waals surface area (Å²) in [5.74, 6) is 0.242. The molecule has 10 heteroatoms. The van der Waals surface area contributed by atoms with Gasteiger partial charge in [0.1, 0.15) is 0 Å². The van der Waals surface area contributed by atoms with E-state index >= 15 is 0 Å². The van der Waals surface area contributed by atoms with Crippen molar-refractivity contribution < 1.29 is 8.83 Å². The van der Waals surface area contributed by atoms with Crippen molar-refractivity contribution in [1.82, 2.24) is 0 Å². The zero-order chi connectivity index (χ0) is 15.9. The Morgan fingerprint density at radius 2 is 1.09 bits per heavy atom. The Morgan fingerprint density at radius 3 is 1.36 bits per heavy atom. The molecule has 0 fully saturated rings. The molecule has 0 saturated carbocycles. The smallest absolute Gasteiger partial charge is 0.211 e. The van der Waals surface area contributed by atoms with E-state index < -0.39 is 0 Å². The molecule has 0 aliphatic rings. The zero-order valence-electron chi connectivity index (χ0n) is 11.4. The van der Waals surface area contributed by atoms with Gasteiger partial charge in [-0.3, -0.25) is 0 Å². The van der Waals surface area contributed by atoms with Gasteiger partial charge in [0.05, 0.1) is 12.5 Å². The molecule has 8 N–H and O–H groups in total. The lowest BCUT2D eigenvalue weighted by molar-refractivity contribution is 0.553. The molecule has 0 radical (unpaired) electrons. The van der Waals surface area contributed by atoms with Crippen LogP contribution < -0.4 is 22.9 Å². The van der Waals surface area contributed by atoms with Crippen molar-refractivity contribution in [1.29, 1.82) is 0 Å². The van der Waals surface area contributed by atoms with E-state index in [-0.39, 0.29) is 23.3 Å². The van der Waals surface area contributed by atoms with Gasteiger partial charge in [-0.25, -0.2) is 0 Å². The Bertz CT molecular complexity index is 653. The summed E-state index contributed by atoms with van der Waals surface area (Å²) in [6.07, 6.45) is 2.92. The molecule has 2 aromatic rings. The standard InChI is InChI=1S/C12H14N8O2/c13-11(14)19-17-9(7-3-1-5-21-7)10(18-20-12(15)16)8-4-2-6-22-8/h1-6H,(H4,13,14,19)(H4,15,16,20). The van der Waals surface area contributed by atoms with E-state index in [1.165, 1.54) is 12.5 Å².